The maximum absolute atomic E-state index is 13.8. The molecule has 0 radical (unpaired) electrons. The van der Waals surface area contributed by atoms with Crippen LogP contribution in [0.25, 0.3) is 22.5 Å². The van der Waals surface area contributed by atoms with E-state index in [2.05, 4.69) is 51.8 Å². The molecule has 3 amide bonds. The van der Waals surface area contributed by atoms with Gasteiger partial charge in [-0.25, -0.2) is 9.78 Å². The summed E-state index contributed by atoms with van der Waals surface area (Å²) in [7, 11) is 0. The van der Waals surface area contributed by atoms with E-state index in [1.54, 1.807) is 24.3 Å². The molecule has 3 heterocycles. The number of tetrazole rings is 1. The van der Waals surface area contributed by atoms with E-state index in [4.69, 9.17) is 9.47 Å². The number of H-pyrrole nitrogens is 1. The SMILES string of the molecule is CC(C)(C)OC(=O)NCC1CCC(C(=O)N[C@@H](Cc2ccc(-c3ccc(NCCN4CCOCC4)nc3)cc2)C(=O)Nc2ccc(-c3nn[nH]n3)cc2)CC1. The number of benzene rings is 2. The van der Waals surface area contributed by atoms with Crippen LogP contribution in [0.3, 0.4) is 0 Å². The average molecular weight is 753 g/mol. The van der Waals surface area contributed by atoms with Crippen LogP contribution in [0.4, 0.5) is 16.3 Å². The maximum atomic E-state index is 13.8. The molecule has 15 nitrogen and oxygen atoms in total. The highest BCUT2D eigenvalue weighted by Gasteiger charge is 2.30. The summed E-state index contributed by atoms with van der Waals surface area (Å²) in [4.78, 5) is 46.6. The number of aromatic amines is 1. The molecule has 15 heteroatoms. The Balaban J connectivity index is 1.06. The number of nitrogens with one attached hydrogen (secondary N) is 5. The first-order chi connectivity index (χ1) is 26.6. The molecule has 2 aliphatic rings. The third-order valence-electron chi connectivity index (χ3n) is 9.87. The van der Waals surface area contributed by atoms with E-state index in [-0.39, 0.29) is 23.7 Å². The van der Waals surface area contributed by atoms with Gasteiger partial charge < -0.3 is 30.7 Å². The van der Waals surface area contributed by atoms with E-state index < -0.39 is 17.7 Å². The number of aromatic nitrogens is 5. The number of carbonyl (C=O) groups excluding carboxylic acids is 3. The minimum atomic E-state index is -0.814. The van der Waals surface area contributed by atoms with Gasteiger partial charge in [-0.3, -0.25) is 14.5 Å². The molecule has 2 aromatic carbocycles. The van der Waals surface area contributed by atoms with E-state index in [1.165, 1.54) is 0 Å². The quantitative estimate of drug-likeness (QED) is 0.120. The van der Waals surface area contributed by atoms with Crippen LogP contribution < -0.4 is 21.3 Å². The lowest BCUT2D eigenvalue weighted by Crippen LogP contribution is -2.48. The minimum Gasteiger partial charge on any atom is -0.444 e. The molecule has 1 saturated heterocycles. The second-order valence-corrected chi connectivity index (χ2v) is 15.2. The van der Waals surface area contributed by atoms with Gasteiger partial charge in [0, 0.05) is 68.1 Å². The number of nitrogens with zero attached hydrogens (tertiary/aromatic N) is 5. The van der Waals surface area contributed by atoms with Crippen molar-refractivity contribution in [2.24, 2.45) is 11.8 Å². The molecule has 1 atom stereocenters. The molecule has 5 N–H and O–H groups in total. The van der Waals surface area contributed by atoms with E-state index in [9.17, 15) is 14.4 Å². The normalized spacial score (nSPS) is 18.2. The second-order valence-electron chi connectivity index (χ2n) is 15.2. The van der Waals surface area contributed by atoms with Crippen molar-refractivity contribution in [3.63, 3.8) is 0 Å². The lowest BCUT2D eigenvalue weighted by Gasteiger charge is -2.29. The van der Waals surface area contributed by atoms with Gasteiger partial charge in [-0.15, -0.1) is 10.2 Å². The minimum absolute atomic E-state index is 0.146. The Morgan fingerprint density at radius 3 is 2.29 bits per heavy atom. The van der Waals surface area contributed by atoms with Crippen molar-refractivity contribution in [2.45, 2.75) is 64.5 Å². The number of hydrogen-bond donors (Lipinski definition) is 5. The van der Waals surface area contributed by atoms with Crippen molar-refractivity contribution in [3.8, 4) is 22.5 Å². The molecule has 1 saturated carbocycles. The van der Waals surface area contributed by atoms with Crippen molar-refractivity contribution in [3.05, 3.63) is 72.4 Å². The highest BCUT2D eigenvalue weighted by Crippen LogP contribution is 2.29. The zero-order valence-corrected chi connectivity index (χ0v) is 31.8. The van der Waals surface area contributed by atoms with Gasteiger partial charge in [-0.2, -0.15) is 5.21 Å². The number of amides is 3. The molecule has 6 rings (SSSR count). The third-order valence-corrected chi connectivity index (χ3v) is 9.87. The van der Waals surface area contributed by atoms with Crippen LogP contribution in [-0.4, -0.2) is 106 Å². The lowest BCUT2D eigenvalue weighted by atomic mass is 9.81. The maximum Gasteiger partial charge on any atom is 0.407 e. The molecule has 4 aromatic rings. The lowest BCUT2D eigenvalue weighted by molar-refractivity contribution is -0.130. The first-order valence-electron chi connectivity index (χ1n) is 19.1. The molecular weight excluding hydrogens is 701 g/mol. The topological polar surface area (TPSA) is 188 Å². The number of anilines is 2. The third kappa shape index (κ3) is 12.0. The standard InChI is InChI=1S/C40H52N10O5/c1-40(2,3)55-39(53)43-25-28-6-10-31(11-7-28)37(51)45-34(38(52)44-33-15-12-30(13-16-33)36-46-48-49-47-36)24-27-4-8-29(9-5-27)32-14-17-35(42-26-32)41-18-19-50-20-22-54-23-21-50/h4-5,8-9,12-17,26,28,31,34H,6-7,10-11,18-25H2,1-3H3,(H,41,42)(H,43,53)(H,44,52)(H,45,51)(H,46,47,48,49)/t28?,31?,34-/m0/s1. The number of hydrogen-bond acceptors (Lipinski definition) is 11. The second kappa shape index (κ2) is 18.8. The Morgan fingerprint density at radius 2 is 1.64 bits per heavy atom. The molecule has 2 aromatic heterocycles. The van der Waals surface area contributed by atoms with Gasteiger partial charge in [0.1, 0.15) is 17.5 Å². The fraction of sp³-hybridized carbons (Fsp3) is 0.475. The van der Waals surface area contributed by atoms with Gasteiger partial charge in [0.15, 0.2) is 0 Å². The van der Waals surface area contributed by atoms with Crippen LogP contribution in [0.1, 0.15) is 52.0 Å². The predicted molar refractivity (Wildman–Crippen MR) is 209 cm³/mol. The largest absolute Gasteiger partial charge is 0.444 e. The van der Waals surface area contributed by atoms with Gasteiger partial charge in [0.2, 0.25) is 17.6 Å². The summed E-state index contributed by atoms with van der Waals surface area (Å²) < 4.78 is 10.8. The molecule has 1 aliphatic heterocycles. The number of pyridine rings is 1. The van der Waals surface area contributed by atoms with Gasteiger partial charge in [0.25, 0.3) is 0 Å². The van der Waals surface area contributed by atoms with Crippen LogP contribution in [-0.2, 0) is 25.5 Å². The van der Waals surface area contributed by atoms with Gasteiger partial charge in [-0.1, -0.05) is 24.3 Å². The van der Waals surface area contributed by atoms with Crippen LogP contribution in [0.2, 0.25) is 0 Å². The van der Waals surface area contributed by atoms with E-state index in [1.807, 2.05) is 63.4 Å². The predicted octanol–water partition coefficient (Wildman–Crippen LogP) is 4.67. The summed E-state index contributed by atoms with van der Waals surface area (Å²) >= 11 is 0. The van der Waals surface area contributed by atoms with Crippen molar-refractivity contribution >= 4 is 29.4 Å². The average Bonchev–Trinajstić information content (AvgIpc) is 3.73. The summed E-state index contributed by atoms with van der Waals surface area (Å²) in [6, 6.07) is 18.3. The molecule has 55 heavy (non-hydrogen) atoms. The Hall–Kier alpha value is -5.41. The van der Waals surface area contributed by atoms with E-state index in [0.29, 0.717) is 37.3 Å². The fourth-order valence-electron chi connectivity index (χ4n) is 6.79. The zero-order chi connectivity index (χ0) is 38.6. The fourth-order valence-corrected chi connectivity index (χ4v) is 6.79. The number of alkyl carbamates (subject to hydrolysis) is 1. The molecule has 0 spiro atoms. The molecular formula is C40H52N10O5. The number of ether oxygens (including phenoxy) is 2. The first kappa shape index (κ1) is 39.3. The molecule has 1 aliphatic carbocycles. The highest BCUT2D eigenvalue weighted by molar-refractivity contribution is 5.97. The van der Waals surface area contributed by atoms with E-state index in [0.717, 1.165) is 80.3 Å². The summed E-state index contributed by atoms with van der Waals surface area (Å²) in [6.45, 7) is 11.2. The van der Waals surface area contributed by atoms with Crippen molar-refractivity contribution in [1.29, 1.82) is 0 Å². The summed E-state index contributed by atoms with van der Waals surface area (Å²) in [6.07, 6.45) is 4.65. The Morgan fingerprint density at radius 1 is 0.927 bits per heavy atom. The van der Waals surface area contributed by atoms with Crippen LogP contribution >= 0.6 is 0 Å². The van der Waals surface area contributed by atoms with E-state index >= 15 is 0 Å². The molecule has 0 bridgehead atoms. The molecule has 292 valence electrons. The summed E-state index contributed by atoms with van der Waals surface area (Å²) in [5.41, 5.74) is 3.65. The number of rotatable bonds is 14. The number of carbonyl (C=O) groups is 3. The van der Waals surface area contributed by atoms with Crippen molar-refractivity contribution < 1.29 is 23.9 Å². The Bertz CT molecular complexity index is 1820. The van der Waals surface area contributed by atoms with Crippen LogP contribution in [0.5, 0.6) is 0 Å². The van der Waals surface area contributed by atoms with Crippen molar-refractivity contribution in [1.82, 2.24) is 41.1 Å². The van der Waals surface area contributed by atoms with Gasteiger partial charge in [0.05, 0.1) is 13.2 Å². The van der Waals surface area contributed by atoms with Crippen LogP contribution in [0, 0.1) is 11.8 Å². The Kier molecular flexibility index (Phi) is 13.4. The van der Waals surface area contributed by atoms with Gasteiger partial charge >= 0.3 is 6.09 Å². The molecule has 2 fully saturated rings. The summed E-state index contributed by atoms with van der Waals surface area (Å²) in [5, 5.41) is 26.4. The Labute approximate surface area is 321 Å². The van der Waals surface area contributed by atoms with Crippen molar-refractivity contribution in [2.75, 3.05) is 56.6 Å². The highest BCUT2D eigenvalue weighted by atomic mass is 16.6. The summed E-state index contributed by atoms with van der Waals surface area (Å²) in [5.74, 6) is 0.841. The monoisotopic (exact) mass is 752 g/mol. The smallest absolute Gasteiger partial charge is 0.407 e. The van der Waals surface area contributed by atoms with Gasteiger partial charge in [-0.05, 0) is 105 Å². The number of morpholine rings is 1. The molecule has 0 unspecified atom stereocenters. The first-order valence-corrected chi connectivity index (χ1v) is 19.1. The van der Waals surface area contributed by atoms with Crippen LogP contribution in [0.15, 0.2) is 66.9 Å². The zero-order valence-electron chi connectivity index (χ0n) is 31.8.